The first-order chi connectivity index (χ1) is 8.64. The Morgan fingerprint density at radius 3 is 3.11 bits per heavy atom. The first-order valence-corrected chi connectivity index (χ1v) is 5.61. The summed E-state index contributed by atoms with van der Waals surface area (Å²) in [5.41, 5.74) is -1.11. The number of halogens is 1. The third-order valence-corrected chi connectivity index (χ3v) is 2.78. The van der Waals surface area contributed by atoms with Gasteiger partial charge in [0, 0.05) is 18.0 Å². The lowest BCUT2D eigenvalue weighted by Crippen LogP contribution is -2.42. The van der Waals surface area contributed by atoms with Gasteiger partial charge in [0.2, 0.25) is 5.88 Å². The number of pyridine rings is 1. The predicted molar refractivity (Wildman–Crippen MR) is 67.4 cm³/mol. The number of anilines is 1. The van der Waals surface area contributed by atoms with E-state index in [0.29, 0.717) is 11.6 Å². The van der Waals surface area contributed by atoms with Gasteiger partial charge in [-0.25, -0.2) is 9.37 Å². The van der Waals surface area contributed by atoms with Crippen LogP contribution in [0.3, 0.4) is 0 Å². The molecule has 1 aliphatic rings. The Morgan fingerprint density at radius 2 is 2.39 bits per heavy atom. The maximum absolute atomic E-state index is 14.3. The molecular formula is C13H15FN2O2. The molecule has 0 amide bonds. The maximum atomic E-state index is 14.3. The number of hydrogen-bond donors (Lipinski definition) is 2. The first kappa shape index (κ1) is 12.6. The molecule has 0 saturated carbocycles. The zero-order chi connectivity index (χ0) is 13.0. The number of ether oxygens (including phenoxy) is 1. The Hall–Kier alpha value is -1.88. The third-order valence-electron chi connectivity index (χ3n) is 2.78. The highest BCUT2D eigenvalue weighted by molar-refractivity contribution is 5.46. The van der Waals surface area contributed by atoms with Gasteiger partial charge < -0.3 is 15.2 Å². The van der Waals surface area contributed by atoms with Gasteiger partial charge in [0.25, 0.3) is 0 Å². The number of nitrogens with zero attached hydrogens (tertiary/aromatic N) is 1. The average molecular weight is 250 g/mol. The highest BCUT2D eigenvalue weighted by atomic mass is 19.1. The van der Waals surface area contributed by atoms with Crippen LogP contribution >= 0.6 is 0 Å². The molecule has 0 saturated heterocycles. The highest BCUT2D eigenvalue weighted by Gasteiger charge is 2.35. The summed E-state index contributed by atoms with van der Waals surface area (Å²) in [5.74, 6) is 0.451. The van der Waals surface area contributed by atoms with Crippen LogP contribution in [0.2, 0.25) is 0 Å². The molecule has 18 heavy (non-hydrogen) atoms. The van der Waals surface area contributed by atoms with Crippen LogP contribution in [0.5, 0.6) is 5.88 Å². The van der Waals surface area contributed by atoms with Crippen molar-refractivity contribution in [1.29, 1.82) is 0 Å². The zero-order valence-electron chi connectivity index (χ0n) is 10.0. The van der Waals surface area contributed by atoms with E-state index in [0.717, 1.165) is 0 Å². The minimum atomic E-state index is -1.80. The summed E-state index contributed by atoms with van der Waals surface area (Å²) >= 11 is 0. The molecule has 2 atom stereocenters. The van der Waals surface area contributed by atoms with Gasteiger partial charge in [0.1, 0.15) is 6.10 Å². The second-order valence-electron chi connectivity index (χ2n) is 4.06. The Balaban J connectivity index is 2.02. The molecule has 0 fully saturated rings. The van der Waals surface area contributed by atoms with E-state index in [1.807, 2.05) is 0 Å². The Bertz CT molecular complexity index is 476. The fourth-order valence-corrected chi connectivity index (χ4v) is 1.68. The zero-order valence-corrected chi connectivity index (χ0v) is 10.0. The van der Waals surface area contributed by atoms with Gasteiger partial charge >= 0.3 is 0 Å². The molecule has 5 heteroatoms. The van der Waals surface area contributed by atoms with Crippen LogP contribution in [0.1, 0.15) is 0 Å². The molecule has 1 aromatic heterocycles. The number of nitrogens with one attached hydrogen (secondary N) is 1. The quantitative estimate of drug-likeness (QED) is 0.854. The fraction of sp³-hybridized carbons (Fsp3) is 0.308. The molecular weight excluding hydrogens is 235 g/mol. The van der Waals surface area contributed by atoms with E-state index < -0.39 is 11.8 Å². The van der Waals surface area contributed by atoms with E-state index >= 15 is 0 Å². The highest BCUT2D eigenvalue weighted by Crippen LogP contribution is 2.24. The summed E-state index contributed by atoms with van der Waals surface area (Å²) in [6, 6.07) is 3.37. The molecule has 0 bridgehead atoms. The lowest BCUT2D eigenvalue weighted by molar-refractivity contribution is 0.0667. The summed E-state index contributed by atoms with van der Waals surface area (Å²) in [6.07, 6.45) is 6.41. The van der Waals surface area contributed by atoms with Crippen molar-refractivity contribution in [2.45, 2.75) is 11.8 Å². The summed E-state index contributed by atoms with van der Waals surface area (Å²) < 4.78 is 19.3. The van der Waals surface area contributed by atoms with Crippen LogP contribution in [0.4, 0.5) is 10.1 Å². The molecule has 1 aromatic rings. The lowest BCUT2D eigenvalue weighted by atomic mass is 9.94. The van der Waals surface area contributed by atoms with E-state index in [9.17, 15) is 9.50 Å². The molecule has 1 heterocycles. The van der Waals surface area contributed by atoms with Crippen molar-refractivity contribution >= 4 is 5.69 Å². The lowest BCUT2D eigenvalue weighted by Gasteiger charge is -2.28. The van der Waals surface area contributed by atoms with Crippen molar-refractivity contribution in [3.8, 4) is 5.88 Å². The summed E-state index contributed by atoms with van der Waals surface area (Å²) in [7, 11) is 1.52. The maximum Gasteiger partial charge on any atom is 0.214 e. The van der Waals surface area contributed by atoms with Crippen LogP contribution in [-0.2, 0) is 0 Å². The van der Waals surface area contributed by atoms with Crippen molar-refractivity contribution in [1.82, 2.24) is 4.98 Å². The van der Waals surface area contributed by atoms with Gasteiger partial charge in [-0.3, -0.25) is 0 Å². The molecule has 1 aliphatic carbocycles. The smallest absolute Gasteiger partial charge is 0.214 e. The number of hydrogen-bond acceptors (Lipinski definition) is 4. The third kappa shape index (κ3) is 2.68. The Kier molecular flexibility index (Phi) is 3.62. The molecule has 0 radical (unpaired) electrons. The number of aliphatic hydroxyl groups excluding tert-OH is 1. The van der Waals surface area contributed by atoms with Crippen molar-refractivity contribution in [3.05, 3.63) is 42.6 Å². The topological polar surface area (TPSA) is 54.4 Å². The van der Waals surface area contributed by atoms with Crippen LogP contribution in [-0.4, -0.2) is 35.5 Å². The predicted octanol–water partition coefficient (Wildman–Crippen LogP) is 1.70. The number of allylic oxidation sites excluding steroid dienone is 2. The number of aromatic nitrogens is 1. The number of methoxy groups -OCH3 is 1. The van der Waals surface area contributed by atoms with E-state index in [4.69, 9.17) is 4.74 Å². The second-order valence-corrected chi connectivity index (χ2v) is 4.06. The van der Waals surface area contributed by atoms with Gasteiger partial charge in [-0.2, -0.15) is 0 Å². The van der Waals surface area contributed by atoms with Crippen molar-refractivity contribution in [2.75, 3.05) is 19.0 Å². The van der Waals surface area contributed by atoms with Gasteiger partial charge in [-0.1, -0.05) is 18.2 Å². The van der Waals surface area contributed by atoms with Gasteiger partial charge in [-0.15, -0.1) is 0 Å². The van der Waals surface area contributed by atoms with Crippen LogP contribution < -0.4 is 10.1 Å². The Labute approximate surface area is 105 Å². The number of aliphatic hydroxyl groups is 1. The van der Waals surface area contributed by atoms with Gasteiger partial charge in [-0.05, 0) is 12.1 Å². The van der Waals surface area contributed by atoms with Crippen molar-refractivity contribution in [2.24, 2.45) is 0 Å². The largest absolute Gasteiger partial charge is 0.481 e. The molecule has 0 aliphatic heterocycles. The SMILES string of the molecule is COc1cc(NCC2(F)C=CC=CC2O)ccn1. The van der Waals surface area contributed by atoms with Crippen molar-refractivity contribution < 1.29 is 14.2 Å². The average Bonchev–Trinajstić information content (AvgIpc) is 2.40. The number of rotatable bonds is 4. The van der Waals surface area contributed by atoms with Crippen LogP contribution in [0.15, 0.2) is 42.6 Å². The van der Waals surface area contributed by atoms with E-state index in [2.05, 4.69) is 10.3 Å². The monoisotopic (exact) mass is 250 g/mol. The second kappa shape index (κ2) is 5.18. The summed E-state index contributed by atoms with van der Waals surface area (Å²) in [5, 5.41) is 12.5. The molecule has 0 aromatic carbocycles. The van der Waals surface area contributed by atoms with Gasteiger partial charge in [0.15, 0.2) is 5.67 Å². The minimum absolute atomic E-state index is 0.0256. The van der Waals surface area contributed by atoms with E-state index in [1.165, 1.54) is 19.3 Å². The van der Waals surface area contributed by atoms with Crippen molar-refractivity contribution in [3.63, 3.8) is 0 Å². The number of alkyl halides is 1. The van der Waals surface area contributed by atoms with Gasteiger partial charge in [0.05, 0.1) is 13.7 Å². The molecule has 0 spiro atoms. The molecule has 4 nitrogen and oxygen atoms in total. The molecule has 2 rings (SSSR count). The van der Waals surface area contributed by atoms with Crippen LogP contribution in [0, 0.1) is 0 Å². The first-order valence-electron chi connectivity index (χ1n) is 5.61. The van der Waals surface area contributed by atoms with E-state index in [1.54, 1.807) is 30.5 Å². The molecule has 96 valence electrons. The fourth-order valence-electron chi connectivity index (χ4n) is 1.68. The summed E-state index contributed by atoms with van der Waals surface area (Å²) in [4.78, 5) is 3.95. The summed E-state index contributed by atoms with van der Waals surface area (Å²) in [6.45, 7) is -0.0256. The van der Waals surface area contributed by atoms with E-state index in [-0.39, 0.29) is 6.54 Å². The Morgan fingerprint density at radius 1 is 1.56 bits per heavy atom. The standard InChI is InChI=1S/C13H15FN2O2/c1-18-12-8-10(5-7-15-12)16-9-13(14)6-3-2-4-11(13)17/h2-8,11,17H,9H2,1H3,(H,15,16). The minimum Gasteiger partial charge on any atom is -0.481 e. The molecule has 2 unspecified atom stereocenters. The van der Waals surface area contributed by atoms with Crippen LogP contribution in [0.25, 0.3) is 0 Å². The normalized spacial score (nSPS) is 26.1. The molecule has 2 N–H and O–H groups in total.